The van der Waals surface area contributed by atoms with Crippen LogP contribution in [0.1, 0.15) is 17.5 Å². The average molecular weight is 195 g/mol. The van der Waals surface area contributed by atoms with Crippen LogP contribution in [-0.2, 0) is 16.8 Å². The van der Waals surface area contributed by atoms with Gasteiger partial charge in [0.2, 0.25) is 0 Å². The van der Waals surface area contributed by atoms with Crippen molar-refractivity contribution in [2.75, 3.05) is 13.7 Å². The van der Waals surface area contributed by atoms with Crippen molar-refractivity contribution in [3.05, 3.63) is 35.1 Å². The van der Waals surface area contributed by atoms with Gasteiger partial charge in [0.15, 0.2) is 0 Å². The minimum atomic E-state index is -0.461. The minimum Gasteiger partial charge on any atom is -0.372 e. The maximum absolute atomic E-state index is 13.1. The average Bonchev–Trinajstić information content (AvgIpc) is 2.57. The van der Waals surface area contributed by atoms with Crippen LogP contribution in [0.3, 0.4) is 0 Å². The first-order valence-electron chi connectivity index (χ1n) is 4.76. The molecule has 14 heavy (non-hydrogen) atoms. The molecule has 0 fully saturated rings. The number of rotatable bonds is 2. The Bertz CT molecular complexity index is 347. The molecule has 0 saturated carbocycles. The first-order valence-corrected chi connectivity index (χ1v) is 4.76. The number of fused-ring (bicyclic) bond motifs is 1. The molecule has 0 heterocycles. The summed E-state index contributed by atoms with van der Waals surface area (Å²) in [5.74, 6) is -0.222. The lowest BCUT2D eigenvalue weighted by atomic mass is 9.96. The number of halogens is 1. The molecule has 1 aromatic rings. The van der Waals surface area contributed by atoms with Crippen molar-refractivity contribution in [2.45, 2.75) is 18.4 Å². The molecule has 0 saturated heterocycles. The Morgan fingerprint density at radius 1 is 1.57 bits per heavy atom. The summed E-state index contributed by atoms with van der Waals surface area (Å²) in [6.45, 7) is 0.403. The quantitative estimate of drug-likeness (QED) is 0.777. The lowest BCUT2D eigenvalue weighted by molar-refractivity contribution is -0.00532. The Morgan fingerprint density at radius 3 is 3.00 bits per heavy atom. The second kappa shape index (κ2) is 3.33. The normalized spacial score (nSPS) is 25.1. The molecular weight excluding hydrogens is 181 g/mol. The highest BCUT2D eigenvalue weighted by molar-refractivity contribution is 5.38. The number of hydrogen-bond donors (Lipinski definition) is 1. The van der Waals surface area contributed by atoms with Crippen LogP contribution in [0.25, 0.3) is 0 Å². The molecule has 1 unspecified atom stereocenters. The largest absolute Gasteiger partial charge is 0.372 e. The number of methoxy groups -OCH3 is 1. The molecule has 0 amide bonds. The molecule has 0 aliphatic heterocycles. The fraction of sp³-hybridized carbons (Fsp3) is 0.455. The van der Waals surface area contributed by atoms with E-state index in [1.54, 1.807) is 13.2 Å². The number of nitrogens with two attached hydrogens (primary N) is 1. The standard InChI is InChI=1S/C11H14FNO/c1-14-11(7-13)5-4-8-2-3-9(12)6-10(8)11/h2-3,6H,4-5,7,13H2,1H3. The highest BCUT2D eigenvalue weighted by atomic mass is 19.1. The zero-order chi connectivity index (χ0) is 10.2. The van der Waals surface area contributed by atoms with Gasteiger partial charge in [-0.25, -0.2) is 4.39 Å². The molecular formula is C11H14FNO. The van der Waals surface area contributed by atoms with Crippen molar-refractivity contribution < 1.29 is 9.13 Å². The fourth-order valence-corrected chi connectivity index (χ4v) is 2.17. The molecule has 2 N–H and O–H groups in total. The molecule has 0 radical (unpaired) electrons. The van der Waals surface area contributed by atoms with E-state index >= 15 is 0 Å². The Balaban J connectivity index is 2.51. The van der Waals surface area contributed by atoms with E-state index in [1.807, 2.05) is 6.07 Å². The van der Waals surface area contributed by atoms with E-state index in [9.17, 15) is 4.39 Å². The lowest BCUT2D eigenvalue weighted by Gasteiger charge is -2.27. The van der Waals surface area contributed by atoms with Crippen LogP contribution in [0.2, 0.25) is 0 Å². The summed E-state index contributed by atoms with van der Waals surface area (Å²) in [7, 11) is 1.63. The van der Waals surface area contributed by atoms with E-state index in [0.29, 0.717) is 6.54 Å². The van der Waals surface area contributed by atoms with E-state index in [-0.39, 0.29) is 5.82 Å². The monoisotopic (exact) mass is 195 g/mol. The summed E-state index contributed by atoms with van der Waals surface area (Å²) in [6.07, 6.45) is 1.76. The Morgan fingerprint density at radius 2 is 2.36 bits per heavy atom. The van der Waals surface area contributed by atoms with Crippen LogP contribution in [0.15, 0.2) is 18.2 Å². The molecule has 1 atom stereocenters. The SMILES string of the molecule is COC1(CN)CCc2ccc(F)cc21. The first-order chi connectivity index (χ1) is 6.72. The zero-order valence-corrected chi connectivity index (χ0v) is 8.22. The van der Waals surface area contributed by atoms with Gasteiger partial charge in [-0.3, -0.25) is 0 Å². The number of benzene rings is 1. The minimum absolute atomic E-state index is 0.222. The smallest absolute Gasteiger partial charge is 0.123 e. The van der Waals surface area contributed by atoms with E-state index in [2.05, 4.69) is 0 Å². The third-order valence-electron chi connectivity index (χ3n) is 3.08. The Labute approximate surface area is 82.9 Å². The van der Waals surface area contributed by atoms with Gasteiger partial charge in [0, 0.05) is 13.7 Å². The van der Waals surface area contributed by atoms with E-state index < -0.39 is 5.60 Å². The van der Waals surface area contributed by atoms with Crippen molar-refractivity contribution >= 4 is 0 Å². The van der Waals surface area contributed by atoms with Gasteiger partial charge < -0.3 is 10.5 Å². The summed E-state index contributed by atoms with van der Waals surface area (Å²) >= 11 is 0. The number of aryl methyl sites for hydroxylation is 1. The second-order valence-electron chi connectivity index (χ2n) is 3.70. The van der Waals surface area contributed by atoms with E-state index in [1.165, 1.54) is 6.07 Å². The molecule has 1 aliphatic rings. The van der Waals surface area contributed by atoms with Crippen molar-refractivity contribution in [1.29, 1.82) is 0 Å². The summed E-state index contributed by atoms with van der Waals surface area (Å²) in [4.78, 5) is 0. The molecule has 1 aromatic carbocycles. The molecule has 0 aromatic heterocycles. The zero-order valence-electron chi connectivity index (χ0n) is 8.22. The van der Waals surface area contributed by atoms with Crippen molar-refractivity contribution in [3.8, 4) is 0 Å². The van der Waals surface area contributed by atoms with E-state index in [0.717, 1.165) is 24.0 Å². The predicted molar refractivity (Wildman–Crippen MR) is 52.5 cm³/mol. The maximum Gasteiger partial charge on any atom is 0.123 e. The number of ether oxygens (including phenoxy) is 1. The first kappa shape index (κ1) is 9.62. The molecule has 76 valence electrons. The molecule has 3 heteroatoms. The van der Waals surface area contributed by atoms with Crippen LogP contribution in [-0.4, -0.2) is 13.7 Å². The summed E-state index contributed by atoms with van der Waals surface area (Å²) < 4.78 is 18.5. The lowest BCUT2D eigenvalue weighted by Crippen LogP contribution is -2.34. The summed E-state index contributed by atoms with van der Waals surface area (Å²) in [6, 6.07) is 4.85. The van der Waals surface area contributed by atoms with Gasteiger partial charge in [0.25, 0.3) is 0 Å². The van der Waals surface area contributed by atoms with Crippen molar-refractivity contribution in [2.24, 2.45) is 5.73 Å². The molecule has 2 rings (SSSR count). The van der Waals surface area contributed by atoms with Crippen molar-refractivity contribution in [1.82, 2.24) is 0 Å². The van der Waals surface area contributed by atoms with Crippen LogP contribution in [0.4, 0.5) is 4.39 Å². The van der Waals surface area contributed by atoms with Gasteiger partial charge in [-0.1, -0.05) is 6.07 Å². The Hall–Kier alpha value is -0.930. The van der Waals surface area contributed by atoms with Gasteiger partial charge in [0.05, 0.1) is 0 Å². The number of hydrogen-bond acceptors (Lipinski definition) is 2. The predicted octanol–water partition coefficient (Wildman–Crippen LogP) is 1.57. The maximum atomic E-state index is 13.1. The summed E-state index contributed by atoms with van der Waals surface area (Å²) in [5.41, 5.74) is 7.31. The molecule has 0 bridgehead atoms. The van der Waals surface area contributed by atoms with Gasteiger partial charge in [-0.05, 0) is 36.1 Å². The van der Waals surface area contributed by atoms with Crippen LogP contribution in [0, 0.1) is 5.82 Å². The second-order valence-corrected chi connectivity index (χ2v) is 3.70. The third kappa shape index (κ3) is 1.24. The summed E-state index contributed by atoms with van der Waals surface area (Å²) in [5, 5.41) is 0. The van der Waals surface area contributed by atoms with Gasteiger partial charge in [0.1, 0.15) is 11.4 Å². The van der Waals surface area contributed by atoms with Crippen LogP contribution < -0.4 is 5.73 Å². The Kier molecular flexibility index (Phi) is 2.29. The third-order valence-corrected chi connectivity index (χ3v) is 3.08. The fourth-order valence-electron chi connectivity index (χ4n) is 2.17. The van der Waals surface area contributed by atoms with Gasteiger partial charge in [-0.2, -0.15) is 0 Å². The molecule has 1 aliphatic carbocycles. The highest BCUT2D eigenvalue weighted by Gasteiger charge is 2.37. The topological polar surface area (TPSA) is 35.2 Å². The molecule has 0 spiro atoms. The van der Waals surface area contributed by atoms with Crippen LogP contribution in [0.5, 0.6) is 0 Å². The van der Waals surface area contributed by atoms with Gasteiger partial charge in [-0.15, -0.1) is 0 Å². The van der Waals surface area contributed by atoms with Crippen molar-refractivity contribution in [3.63, 3.8) is 0 Å². The van der Waals surface area contributed by atoms with Gasteiger partial charge >= 0.3 is 0 Å². The molecule has 2 nitrogen and oxygen atoms in total. The van der Waals surface area contributed by atoms with E-state index in [4.69, 9.17) is 10.5 Å². The highest BCUT2D eigenvalue weighted by Crippen LogP contribution is 2.38. The van der Waals surface area contributed by atoms with Crippen LogP contribution >= 0.6 is 0 Å².